The normalized spacial score (nSPS) is 15.3. The molecular weight excluding hydrogens is 390 g/mol. The second-order valence-electron chi connectivity index (χ2n) is 6.34. The smallest absolute Gasteiger partial charge is 0.273 e. The van der Waals surface area contributed by atoms with Crippen molar-refractivity contribution in [1.82, 2.24) is 20.3 Å². The summed E-state index contributed by atoms with van der Waals surface area (Å²) >= 11 is 3.32. The summed E-state index contributed by atoms with van der Waals surface area (Å²) < 4.78 is 7.74. The molecule has 132 valence electrons. The molecule has 1 aromatic heterocycles. The Morgan fingerprint density at radius 2 is 2.04 bits per heavy atom. The SMILES string of the molecule is CC1(Cn2cc(C(=O)NCC(=O)Nc3ccc(Br)cc3)nn2)COC1. The van der Waals surface area contributed by atoms with E-state index in [4.69, 9.17) is 4.74 Å². The van der Waals surface area contributed by atoms with Crippen LogP contribution in [-0.4, -0.2) is 46.6 Å². The Balaban J connectivity index is 1.48. The van der Waals surface area contributed by atoms with Gasteiger partial charge in [0.1, 0.15) is 0 Å². The van der Waals surface area contributed by atoms with Gasteiger partial charge >= 0.3 is 0 Å². The van der Waals surface area contributed by atoms with E-state index in [0.717, 1.165) is 4.47 Å². The van der Waals surface area contributed by atoms with Crippen molar-refractivity contribution < 1.29 is 14.3 Å². The minimum Gasteiger partial charge on any atom is -0.380 e. The highest BCUT2D eigenvalue weighted by atomic mass is 79.9. The van der Waals surface area contributed by atoms with E-state index in [-0.39, 0.29) is 23.6 Å². The van der Waals surface area contributed by atoms with Crippen LogP contribution in [0.3, 0.4) is 0 Å². The number of nitrogens with zero attached hydrogens (tertiary/aromatic N) is 3. The first kappa shape index (κ1) is 17.6. The third-order valence-electron chi connectivity index (χ3n) is 3.75. The molecule has 0 aliphatic carbocycles. The Labute approximate surface area is 153 Å². The first-order valence-corrected chi connectivity index (χ1v) is 8.54. The summed E-state index contributed by atoms with van der Waals surface area (Å²) in [5.41, 5.74) is 0.871. The quantitative estimate of drug-likeness (QED) is 0.754. The highest BCUT2D eigenvalue weighted by molar-refractivity contribution is 9.10. The van der Waals surface area contributed by atoms with Gasteiger partial charge in [-0.15, -0.1) is 5.10 Å². The molecule has 1 aliphatic heterocycles. The van der Waals surface area contributed by atoms with Gasteiger partial charge < -0.3 is 15.4 Å². The molecule has 9 heteroatoms. The topological polar surface area (TPSA) is 98.1 Å². The van der Waals surface area contributed by atoms with Gasteiger partial charge in [-0.2, -0.15) is 0 Å². The van der Waals surface area contributed by atoms with Crippen LogP contribution < -0.4 is 10.6 Å². The Morgan fingerprint density at radius 1 is 1.32 bits per heavy atom. The van der Waals surface area contributed by atoms with Gasteiger partial charge in [0.2, 0.25) is 5.91 Å². The molecule has 0 saturated carbocycles. The van der Waals surface area contributed by atoms with E-state index in [1.54, 1.807) is 23.0 Å². The van der Waals surface area contributed by atoms with Crippen molar-refractivity contribution in [3.8, 4) is 0 Å². The highest BCUT2D eigenvalue weighted by Crippen LogP contribution is 2.28. The van der Waals surface area contributed by atoms with Crippen molar-refractivity contribution in [1.29, 1.82) is 0 Å². The van der Waals surface area contributed by atoms with Crippen LogP contribution in [0.4, 0.5) is 5.69 Å². The maximum Gasteiger partial charge on any atom is 0.273 e. The van der Waals surface area contributed by atoms with Crippen LogP contribution in [0.5, 0.6) is 0 Å². The molecule has 25 heavy (non-hydrogen) atoms. The fourth-order valence-corrected chi connectivity index (χ4v) is 2.67. The van der Waals surface area contributed by atoms with Gasteiger partial charge in [0.15, 0.2) is 5.69 Å². The number of carbonyl (C=O) groups excluding carboxylic acids is 2. The van der Waals surface area contributed by atoms with Crippen molar-refractivity contribution in [2.75, 3.05) is 25.1 Å². The molecule has 0 bridgehead atoms. The summed E-state index contributed by atoms with van der Waals surface area (Å²) in [7, 11) is 0. The molecule has 2 heterocycles. The summed E-state index contributed by atoms with van der Waals surface area (Å²) in [6.07, 6.45) is 1.57. The van der Waals surface area contributed by atoms with Crippen LogP contribution in [0, 0.1) is 5.41 Å². The molecule has 1 fully saturated rings. The molecule has 8 nitrogen and oxygen atoms in total. The molecule has 3 rings (SSSR count). The van der Waals surface area contributed by atoms with E-state index in [2.05, 4.69) is 43.8 Å². The van der Waals surface area contributed by atoms with Gasteiger partial charge in [-0.05, 0) is 24.3 Å². The van der Waals surface area contributed by atoms with Crippen LogP contribution in [0.15, 0.2) is 34.9 Å². The number of halogens is 1. The van der Waals surface area contributed by atoms with Crippen LogP contribution in [0.25, 0.3) is 0 Å². The number of benzene rings is 1. The number of rotatable bonds is 6. The number of nitrogens with one attached hydrogen (secondary N) is 2. The molecule has 0 radical (unpaired) electrons. The van der Waals surface area contributed by atoms with Crippen LogP contribution in [0.2, 0.25) is 0 Å². The number of amides is 2. The van der Waals surface area contributed by atoms with E-state index >= 15 is 0 Å². The predicted molar refractivity (Wildman–Crippen MR) is 94.1 cm³/mol. The summed E-state index contributed by atoms with van der Waals surface area (Å²) in [5.74, 6) is -0.755. The first-order valence-electron chi connectivity index (χ1n) is 7.75. The lowest BCUT2D eigenvalue weighted by Gasteiger charge is -2.37. The molecule has 0 unspecified atom stereocenters. The summed E-state index contributed by atoms with van der Waals surface area (Å²) in [5, 5.41) is 13.0. The highest BCUT2D eigenvalue weighted by Gasteiger charge is 2.34. The average molecular weight is 408 g/mol. The molecule has 1 aliphatic rings. The number of hydrogen-bond donors (Lipinski definition) is 2. The van der Waals surface area contributed by atoms with E-state index in [1.807, 2.05) is 12.1 Å². The molecule has 2 amide bonds. The van der Waals surface area contributed by atoms with E-state index in [0.29, 0.717) is 25.4 Å². The summed E-state index contributed by atoms with van der Waals surface area (Å²) in [6.45, 7) is 3.92. The molecular formula is C16H18BrN5O3. The second kappa shape index (κ2) is 7.32. The maximum absolute atomic E-state index is 12.1. The van der Waals surface area contributed by atoms with Gasteiger partial charge in [0.05, 0.1) is 32.5 Å². The fraction of sp³-hybridized carbons (Fsp3) is 0.375. The van der Waals surface area contributed by atoms with Gasteiger partial charge in [0, 0.05) is 15.6 Å². The van der Waals surface area contributed by atoms with Crippen molar-refractivity contribution in [2.24, 2.45) is 5.41 Å². The Bertz CT molecular complexity index is 770. The first-order chi connectivity index (χ1) is 11.9. The summed E-state index contributed by atoms with van der Waals surface area (Å²) in [6, 6.07) is 7.17. The number of hydrogen-bond acceptors (Lipinski definition) is 5. The Morgan fingerprint density at radius 3 is 2.68 bits per heavy atom. The fourth-order valence-electron chi connectivity index (χ4n) is 2.40. The monoisotopic (exact) mass is 407 g/mol. The third kappa shape index (κ3) is 4.64. The minimum atomic E-state index is -0.438. The lowest BCUT2D eigenvalue weighted by Crippen LogP contribution is -2.43. The zero-order valence-corrected chi connectivity index (χ0v) is 15.2. The van der Waals surface area contributed by atoms with Crippen molar-refractivity contribution in [2.45, 2.75) is 13.5 Å². The van der Waals surface area contributed by atoms with Crippen molar-refractivity contribution in [3.05, 3.63) is 40.6 Å². The standard InChI is InChI=1S/C16H18BrN5O3/c1-16(9-25-10-16)8-22-7-13(20-21-22)15(24)18-6-14(23)19-12-4-2-11(17)3-5-12/h2-5,7H,6,8-10H2,1H3,(H,18,24)(H,19,23). The van der Waals surface area contributed by atoms with E-state index in [1.165, 1.54) is 0 Å². The zero-order valence-electron chi connectivity index (χ0n) is 13.7. The largest absolute Gasteiger partial charge is 0.380 e. The summed E-state index contributed by atoms with van der Waals surface area (Å²) in [4.78, 5) is 24.0. The van der Waals surface area contributed by atoms with Crippen LogP contribution >= 0.6 is 15.9 Å². The van der Waals surface area contributed by atoms with E-state index in [9.17, 15) is 9.59 Å². The molecule has 0 spiro atoms. The number of ether oxygens (including phenoxy) is 1. The number of carbonyl (C=O) groups is 2. The van der Waals surface area contributed by atoms with Gasteiger partial charge in [0.25, 0.3) is 5.91 Å². The Kier molecular flexibility index (Phi) is 5.14. The van der Waals surface area contributed by atoms with Crippen molar-refractivity contribution >= 4 is 33.4 Å². The molecule has 0 atom stereocenters. The minimum absolute atomic E-state index is 0.0337. The predicted octanol–water partition coefficient (Wildman–Crippen LogP) is 1.45. The lowest BCUT2D eigenvalue weighted by atomic mass is 9.89. The second-order valence-corrected chi connectivity index (χ2v) is 7.26. The van der Waals surface area contributed by atoms with Crippen molar-refractivity contribution in [3.63, 3.8) is 0 Å². The average Bonchev–Trinajstić information content (AvgIpc) is 3.02. The Hall–Kier alpha value is -2.26. The lowest BCUT2D eigenvalue weighted by molar-refractivity contribution is -0.115. The number of anilines is 1. The van der Waals surface area contributed by atoms with Crippen LogP contribution in [-0.2, 0) is 16.1 Å². The van der Waals surface area contributed by atoms with E-state index < -0.39 is 5.91 Å². The zero-order chi connectivity index (χ0) is 17.9. The van der Waals surface area contributed by atoms with Gasteiger partial charge in [-0.3, -0.25) is 14.3 Å². The third-order valence-corrected chi connectivity index (χ3v) is 4.28. The molecule has 2 aromatic rings. The molecule has 1 aromatic carbocycles. The number of aromatic nitrogens is 3. The maximum atomic E-state index is 12.1. The van der Waals surface area contributed by atoms with Gasteiger partial charge in [-0.1, -0.05) is 28.1 Å². The molecule has 1 saturated heterocycles. The van der Waals surface area contributed by atoms with Gasteiger partial charge in [-0.25, -0.2) is 0 Å². The molecule has 2 N–H and O–H groups in total. The van der Waals surface area contributed by atoms with Crippen LogP contribution in [0.1, 0.15) is 17.4 Å².